The number of rotatable bonds is 3. The normalized spacial score (nSPS) is 19.3. The van der Waals surface area contributed by atoms with Gasteiger partial charge in [-0.1, -0.05) is 12.1 Å². The van der Waals surface area contributed by atoms with Crippen LogP contribution < -0.4 is 10.2 Å². The van der Waals surface area contributed by atoms with E-state index in [1.165, 1.54) is 7.11 Å². The van der Waals surface area contributed by atoms with Gasteiger partial charge in [-0.2, -0.15) is 5.10 Å². The number of nitrogens with one attached hydrogen (secondary N) is 1. The van der Waals surface area contributed by atoms with Crippen LogP contribution in [0.5, 0.6) is 0 Å². The average molecular weight is 356 g/mol. The molecule has 0 radical (unpaired) electrons. The van der Waals surface area contributed by atoms with Crippen LogP contribution in [0.25, 0.3) is 10.9 Å². The molecule has 2 heterocycles. The molecule has 0 unspecified atom stereocenters. The number of fused-ring (bicyclic) bond motifs is 1. The zero-order chi connectivity index (χ0) is 19.1. The molecule has 0 atom stereocenters. The first kappa shape index (κ1) is 18.6. The molecule has 140 valence electrons. The molecule has 3 rings (SSSR count). The Hall–Kier alpha value is -2.21. The summed E-state index contributed by atoms with van der Waals surface area (Å²) in [7, 11) is 3.48. The molecule has 0 bridgehead atoms. The van der Waals surface area contributed by atoms with E-state index in [1.54, 1.807) is 12.3 Å². The van der Waals surface area contributed by atoms with Gasteiger partial charge in [-0.05, 0) is 46.6 Å². The van der Waals surface area contributed by atoms with Gasteiger partial charge in [0.05, 0.1) is 24.6 Å². The Bertz CT molecular complexity index is 816. The highest BCUT2D eigenvalue weighted by Gasteiger charge is 2.39. The SMILES string of the molecule is COC(=O)c1cccc2c(N(C)C3CC(C)(C)NC(C)(C)C3)cnnc12. The van der Waals surface area contributed by atoms with Crippen molar-refractivity contribution < 1.29 is 9.53 Å². The van der Waals surface area contributed by atoms with E-state index in [1.807, 2.05) is 12.1 Å². The van der Waals surface area contributed by atoms with E-state index < -0.39 is 5.97 Å². The fraction of sp³-hybridized carbons (Fsp3) is 0.550. The van der Waals surface area contributed by atoms with Crippen LogP contribution in [-0.2, 0) is 4.74 Å². The van der Waals surface area contributed by atoms with Crippen molar-refractivity contribution in [3.05, 3.63) is 30.0 Å². The molecule has 1 fully saturated rings. The van der Waals surface area contributed by atoms with Gasteiger partial charge in [0.25, 0.3) is 0 Å². The molecular weight excluding hydrogens is 328 g/mol. The summed E-state index contributed by atoms with van der Waals surface area (Å²) in [5.41, 5.74) is 2.11. The Morgan fingerprint density at radius 2 is 1.88 bits per heavy atom. The van der Waals surface area contributed by atoms with Crippen LogP contribution in [0.1, 0.15) is 50.9 Å². The van der Waals surface area contributed by atoms with Crippen LogP contribution in [0.2, 0.25) is 0 Å². The summed E-state index contributed by atoms with van der Waals surface area (Å²) in [4.78, 5) is 14.3. The molecule has 1 aromatic carbocycles. The summed E-state index contributed by atoms with van der Waals surface area (Å²) >= 11 is 0. The average Bonchev–Trinajstić information content (AvgIpc) is 2.56. The minimum atomic E-state index is -0.395. The van der Waals surface area contributed by atoms with Crippen LogP contribution in [-0.4, -0.2) is 47.4 Å². The Balaban J connectivity index is 2.04. The second-order valence-corrected chi connectivity index (χ2v) is 8.49. The lowest BCUT2D eigenvalue weighted by Gasteiger charge is -2.49. The van der Waals surface area contributed by atoms with Crippen molar-refractivity contribution in [3.8, 4) is 0 Å². The predicted molar refractivity (Wildman–Crippen MR) is 104 cm³/mol. The molecule has 1 aliphatic heterocycles. The zero-order valence-electron chi connectivity index (χ0n) is 16.5. The number of carbonyl (C=O) groups excluding carboxylic acids is 1. The number of hydrogen-bond donors (Lipinski definition) is 1. The third-order valence-corrected chi connectivity index (χ3v) is 5.15. The Labute approximate surface area is 154 Å². The van der Waals surface area contributed by atoms with Crippen LogP contribution in [0, 0.1) is 0 Å². The summed E-state index contributed by atoms with van der Waals surface area (Å²) in [5, 5.41) is 13.0. The summed E-state index contributed by atoms with van der Waals surface area (Å²) in [6, 6.07) is 5.93. The Kier molecular flexibility index (Phi) is 4.65. The number of methoxy groups -OCH3 is 1. The number of carbonyl (C=O) groups is 1. The van der Waals surface area contributed by atoms with E-state index in [4.69, 9.17) is 4.74 Å². The lowest BCUT2D eigenvalue weighted by atomic mass is 9.79. The van der Waals surface area contributed by atoms with E-state index >= 15 is 0 Å². The van der Waals surface area contributed by atoms with E-state index in [0.29, 0.717) is 17.1 Å². The third kappa shape index (κ3) is 3.51. The van der Waals surface area contributed by atoms with Crippen LogP contribution in [0.3, 0.4) is 0 Å². The molecule has 0 saturated carbocycles. The molecule has 1 aliphatic rings. The maximum Gasteiger partial charge on any atom is 0.340 e. The largest absolute Gasteiger partial charge is 0.465 e. The highest BCUT2D eigenvalue weighted by molar-refractivity contribution is 6.05. The van der Waals surface area contributed by atoms with Crippen LogP contribution in [0.4, 0.5) is 5.69 Å². The number of ether oxygens (including phenoxy) is 1. The summed E-state index contributed by atoms with van der Waals surface area (Å²) in [6.07, 6.45) is 3.83. The van der Waals surface area contributed by atoms with E-state index in [9.17, 15) is 4.79 Å². The maximum absolute atomic E-state index is 12.1. The number of nitrogens with zero attached hydrogens (tertiary/aromatic N) is 3. The van der Waals surface area contributed by atoms with E-state index in [0.717, 1.165) is 23.9 Å². The van der Waals surface area contributed by atoms with Crippen molar-refractivity contribution in [2.24, 2.45) is 0 Å². The molecule has 2 aromatic rings. The fourth-order valence-corrected chi connectivity index (χ4v) is 4.36. The van der Waals surface area contributed by atoms with Crippen molar-refractivity contribution in [3.63, 3.8) is 0 Å². The molecule has 0 aliphatic carbocycles. The maximum atomic E-state index is 12.1. The summed E-state index contributed by atoms with van der Waals surface area (Å²) < 4.78 is 4.89. The fourth-order valence-electron chi connectivity index (χ4n) is 4.36. The summed E-state index contributed by atoms with van der Waals surface area (Å²) in [5.74, 6) is -0.395. The third-order valence-electron chi connectivity index (χ3n) is 5.15. The van der Waals surface area contributed by atoms with Gasteiger partial charge in [0.1, 0.15) is 5.52 Å². The molecule has 26 heavy (non-hydrogen) atoms. The Morgan fingerprint density at radius 3 is 2.50 bits per heavy atom. The molecule has 0 amide bonds. The lowest BCUT2D eigenvalue weighted by Crippen LogP contribution is -2.61. The molecule has 6 heteroatoms. The smallest absolute Gasteiger partial charge is 0.340 e. The number of piperidine rings is 1. The number of anilines is 1. The van der Waals surface area contributed by atoms with Crippen molar-refractivity contribution in [1.29, 1.82) is 0 Å². The van der Waals surface area contributed by atoms with Gasteiger partial charge in [-0.3, -0.25) is 0 Å². The van der Waals surface area contributed by atoms with E-state index in [-0.39, 0.29) is 11.1 Å². The highest BCUT2D eigenvalue weighted by atomic mass is 16.5. The number of aromatic nitrogens is 2. The molecular formula is C20H28N4O2. The monoisotopic (exact) mass is 356 g/mol. The van der Waals surface area contributed by atoms with Crippen molar-refractivity contribution >= 4 is 22.6 Å². The number of benzene rings is 1. The van der Waals surface area contributed by atoms with Crippen molar-refractivity contribution in [1.82, 2.24) is 15.5 Å². The van der Waals surface area contributed by atoms with Gasteiger partial charge in [-0.25, -0.2) is 4.79 Å². The van der Waals surface area contributed by atoms with Gasteiger partial charge in [0.15, 0.2) is 0 Å². The van der Waals surface area contributed by atoms with Gasteiger partial charge in [0.2, 0.25) is 0 Å². The second-order valence-electron chi connectivity index (χ2n) is 8.49. The van der Waals surface area contributed by atoms with Crippen LogP contribution >= 0.6 is 0 Å². The highest BCUT2D eigenvalue weighted by Crippen LogP contribution is 2.35. The minimum absolute atomic E-state index is 0.0497. The Morgan fingerprint density at radius 1 is 1.23 bits per heavy atom. The minimum Gasteiger partial charge on any atom is -0.465 e. The standard InChI is InChI=1S/C20H28N4O2/c1-19(2)10-13(11-20(3,4)23-19)24(5)16-12-21-22-17-14(16)8-7-9-15(17)18(25)26-6/h7-9,12-13,23H,10-11H2,1-6H3. The molecule has 0 spiro atoms. The number of hydrogen-bond acceptors (Lipinski definition) is 6. The molecule has 6 nitrogen and oxygen atoms in total. The first-order valence-corrected chi connectivity index (χ1v) is 8.98. The van der Waals surface area contributed by atoms with Gasteiger partial charge in [0, 0.05) is 29.6 Å². The predicted octanol–water partition coefficient (Wildman–Crippen LogP) is 3.16. The van der Waals surface area contributed by atoms with E-state index in [2.05, 4.69) is 55.2 Å². The van der Waals surface area contributed by atoms with Gasteiger partial charge in [-0.15, -0.1) is 5.10 Å². The molecule has 1 saturated heterocycles. The first-order chi connectivity index (χ1) is 12.1. The van der Waals surface area contributed by atoms with Gasteiger partial charge >= 0.3 is 5.97 Å². The molecule has 1 aromatic heterocycles. The van der Waals surface area contributed by atoms with Crippen LogP contribution in [0.15, 0.2) is 24.4 Å². The lowest BCUT2D eigenvalue weighted by molar-refractivity contribution is 0.0602. The number of esters is 1. The van der Waals surface area contributed by atoms with Crippen molar-refractivity contribution in [2.45, 2.75) is 57.7 Å². The quantitative estimate of drug-likeness (QED) is 0.852. The topological polar surface area (TPSA) is 67.3 Å². The zero-order valence-corrected chi connectivity index (χ0v) is 16.5. The van der Waals surface area contributed by atoms with Gasteiger partial charge < -0.3 is 15.0 Å². The first-order valence-electron chi connectivity index (χ1n) is 8.98. The second kappa shape index (κ2) is 6.50. The summed E-state index contributed by atoms with van der Waals surface area (Å²) in [6.45, 7) is 8.97. The molecule has 1 N–H and O–H groups in total. The van der Waals surface area contributed by atoms with Crippen molar-refractivity contribution in [2.75, 3.05) is 19.1 Å².